The minimum atomic E-state index is 1.10. The number of rotatable bonds is 2. The second-order valence-electron chi connectivity index (χ2n) is 3.02. The first kappa shape index (κ1) is 9.84. The number of anilines is 1. The Bertz CT molecular complexity index is 269. The predicted molar refractivity (Wildman–Crippen MR) is 62.9 cm³/mol. The lowest BCUT2D eigenvalue weighted by atomic mass is 10.1. The summed E-state index contributed by atoms with van der Waals surface area (Å²) in [6, 6.07) is 6.57. The molecule has 0 aliphatic carbocycles. The zero-order valence-corrected chi connectivity index (χ0v) is 9.92. The van der Waals surface area contributed by atoms with Crippen LogP contribution in [0.1, 0.15) is 12.5 Å². The average Bonchev–Trinajstić information content (AvgIpc) is 2.03. The van der Waals surface area contributed by atoms with Crippen LogP contribution in [0.2, 0.25) is 0 Å². The molecule has 0 aromatic heterocycles. The van der Waals surface area contributed by atoms with Gasteiger partial charge in [0.25, 0.3) is 0 Å². The maximum Gasteiger partial charge on any atom is 0.0394 e. The highest BCUT2D eigenvalue weighted by Gasteiger charge is 2.02. The van der Waals surface area contributed by atoms with Gasteiger partial charge in [0, 0.05) is 23.4 Å². The van der Waals surface area contributed by atoms with Crippen LogP contribution in [0.3, 0.4) is 0 Å². The number of hydrogen-bond acceptors (Lipinski definition) is 1. The maximum absolute atomic E-state index is 2.35. The molecule has 66 valence electrons. The van der Waals surface area contributed by atoms with Gasteiger partial charge in [0.1, 0.15) is 0 Å². The van der Waals surface area contributed by atoms with Crippen LogP contribution in [0.5, 0.6) is 0 Å². The lowest BCUT2D eigenvalue weighted by Gasteiger charge is -2.16. The van der Waals surface area contributed by atoms with E-state index in [2.05, 4.69) is 66.7 Å². The standard InChI is InChI=1S/C10H14IN/c1-4-8-7-9(11)5-6-10(8)12(2)3/h5-7H,4H2,1-3H3. The normalized spacial score (nSPS) is 10.0. The molecule has 0 spiro atoms. The molecule has 0 bridgehead atoms. The molecular formula is C10H14IN. The van der Waals surface area contributed by atoms with Crippen LogP contribution >= 0.6 is 22.6 Å². The molecule has 12 heavy (non-hydrogen) atoms. The SMILES string of the molecule is CCc1cc(I)ccc1N(C)C. The summed E-state index contributed by atoms with van der Waals surface area (Å²) < 4.78 is 1.31. The fourth-order valence-electron chi connectivity index (χ4n) is 1.27. The van der Waals surface area contributed by atoms with Gasteiger partial charge >= 0.3 is 0 Å². The Kier molecular flexibility index (Phi) is 3.38. The first-order valence-corrected chi connectivity index (χ1v) is 5.18. The molecule has 0 N–H and O–H groups in total. The summed E-state index contributed by atoms with van der Waals surface area (Å²) in [6.45, 7) is 2.19. The quantitative estimate of drug-likeness (QED) is 0.750. The minimum absolute atomic E-state index is 1.10. The summed E-state index contributed by atoms with van der Waals surface area (Å²) in [6.07, 6.45) is 1.10. The number of aryl methyl sites for hydroxylation is 1. The highest BCUT2D eigenvalue weighted by Crippen LogP contribution is 2.21. The van der Waals surface area contributed by atoms with Crippen molar-refractivity contribution in [1.82, 2.24) is 0 Å². The molecule has 2 heteroatoms. The maximum atomic E-state index is 2.35. The third kappa shape index (κ3) is 2.12. The molecule has 0 atom stereocenters. The topological polar surface area (TPSA) is 3.24 Å². The van der Waals surface area contributed by atoms with Crippen molar-refractivity contribution in [3.8, 4) is 0 Å². The van der Waals surface area contributed by atoms with E-state index in [1.54, 1.807) is 0 Å². The smallest absolute Gasteiger partial charge is 0.0394 e. The van der Waals surface area contributed by atoms with Gasteiger partial charge in [0.05, 0.1) is 0 Å². The Balaban J connectivity index is 3.11. The van der Waals surface area contributed by atoms with Crippen molar-refractivity contribution in [1.29, 1.82) is 0 Å². The molecule has 0 saturated carbocycles. The van der Waals surface area contributed by atoms with E-state index in [1.165, 1.54) is 14.8 Å². The minimum Gasteiger partial charge on any atom is -0.377 e. The summed E-state index contributed by atoms with van der Waals surface area (Å²) in [5.74, 6) is 0. The van der Waals surface area contributed by atoms with Gasteiger partial charge in [0.2, 0.25) is 0 Å². The highest BCUT2D eigenvalue weighted by molar-refractivity contribution is 14.1. The van der Waals surface area contributed by atoms with Crippen molar-refractivity contribution >= 4 is 28.3 Å². The number of halogens is 1. The lowest BCUT2D eigenvalue weighted by molar-refractivity contribution is 1.06. The van der Waals surface area contributed by atoms with Crippen molar-refractivity contribution in [3.63, 3.8) is 0 Å². The summed E-state index contributed by atoms with van der Waals surface area (Å²) in [5.41, 5.74) is 2.75. The Hall–Kier alpha value is -0.250. The van der Waals surface area contributed by atoms with E-state index in [4.69, 9.17) is 0 Å². The van der Waals surface area contributed by atoms with Crippen LogP contribution < -0.4 is 4.90 Å². The van der Waals surface area contributed by atoms with Gasteiger partial charge in [-0.05, 0) is 52.8 Å². The Morgan fingerprint density at radius 2 is 2.00 bits per heavy atom. The van der Waals surface area contributed by atoms with Crippen molar-refractivity contribution < 1.29 is 0 Å². The van der Waals surface area contributed by atoms with Crippen LogP contribution in [0.25, 0.3) is 0 Å². The van der Waals surface area contributed by atoms with Gasteiger partial charge in [0.15, 0.2) is 0 Å². The Morgan fingerprint density at radius 3 is 2.50 bits per heavy atom. The van der Waals surface area contributed by atoms with E-state index in [-0.39, 0.29) is 0 Å². The van der Waals surface area contributed by atoms with Gasteiger partial charge in [-0.15, -0.1) is 0 Å². The van der Waals surface area contributed by atoms with Gasteiger partial charge in [-0.1, -0.05) is 6.92 Å². The molecule has 0 aliphatic rings. The first-order valence-electron chi connectivity index (χ1n) is 4.11. The fraction of sp³-hybridized carbons (Fsp3) is 0.400. The lowest BCUT2D eigenvalue weighted by Crippen LogP contribution is -2.11. The zero-order valence-electron chi connectivity index (χ0n) is 7.76. The molecule has 0 fully saturated rings. The fourth-order valence-corrected chi connectivity index (χ4v) is 1.83. The average molecular weight is 275 g/mol. The molecular weight excluding hydrogens is 261 g/mol. The predicted octanol–water partition coefficient (Wildman–Crippen LogP) is 2.92. The van der Waals surface area contributed by atoms with Crippen LogP contribution in [-0.4, -0.2) is 14.1 Å². The summed E-state index contributed by atoms with van der Waals surface area (Å²) >= 11 is 2.35. The molecule has 0 unspecified atom stereocenters. The third-order valence-electron chi connectivity index (χ3n) is 1.90. The van der Waals surface area contributed by atoms with Crippen molar-refractivity contribution in [3.05, 3.63) is 27.3 Å². The van der Waals surface area contributed by atoms with Crippen LogP contribution in [0, 0.1) is 3.57 Å². The molecule has 1 rings (SSSR count). The van der Waals surface area contributed by atoms with E-state index in [9.17, 15) is 0 Å². The van der Waals surface area contributed by atoms with Crippen molar-refractivity contribution in [2.24, 2.45) is 0 Å². The zero-order chi connectivity index (χ0) is 9.14. The third-order valence-corrected chi connectivity index (χ3v) is 2.58. The van der Waals surface area contributed by atoms with E-state index in [1.807, 2.05) is 0 Å². The summed E-state index contributed by atoms with van der Waals surface area (Å²) in [4.78, 5) is 2.16. The molecule has 0 saturated heterocycles. The monoisotopic (exact) mass is 275 g/mol. The molecule has 0 amide bonds. The van der Waals surface area contributed by atoms with Crippen LogP contribution in [0.15, 0.2) is 18.2 Å². The van der Waals surface area contributed by atoms with Gasteiger partial charge in [-0.2, -0.15) is 0 Å². The Labute approximate surface area is 87.9 Å². The second kappa shape index (κ2) is 4.12. The first-order chi connectivity index (χ1) is 5.65. The van der Waals surface area contributed by atoms with Gasteiger partial charge < -0.3 is 4.90 Å². The summed E-state index contributed by atoms with van der Waals surface area (Å²) in [5, 5.41) is 0. The molecule has 1 aromatic carbocycles. The van der Waals surface area contributed by atoms with Crippen molar-refractivity contribution in [2.75, 3.05) is 19.0 Å². The summed E-state index contributed by atoms with van der Waals surface area (Å²) in [7, 11) is 4.17. The van der Waals surface area contributed by atoms with E-state index >= 15 is 0 Å². The van der Waals surface area contributed by atoms with Gasteiger partial charge in [-0.3, -0.25) is 0 Å². The largest absolute Gasteiger partial charge is 0.377 e. The van der Waals surface area contributed by atoms with E-state index in [0.717, 1.165) is 6.42 Å². The van der Waals surface area contributed by atoms with Crippen molar-refractivity contribution in [2.45, 2.75) is 13.3 Å². The second-order valence-corrected chi connectivity index (χ2v) is 4.27. The van der Waals surface area contributed by atoms with E-state index < -0.39 is 0 Å². The molecule has 1 nitrogen and oxygen atoms in total. The van der Waals surface area contributed by atoms with Crippen LogP contribution in [0.4, 0.5) is 5.69 Å². The van der Waals surface area contributed by atoms with Crippen LogP contribution in [-0.2, 0) is 6.42 Å². The highest BCUT2D eigenvalue weighted by atomic mass is 127. The van der Waals surface area contributed by atoms with Gasteiger partial charge in [-0.25, -0.2) is 0 Å². The number of nitrogens with zero attached hydrogens (tertiary/aromatic N) is 1. The molecule has 0 radical (unpaired) electrons. The molecule has 0 heterocycles. The Morgan fingerprint density at radius 1 is 1.33 bits per heavy atom. The van der Waals surface area contributed by atoms with E-state index in [0.29, 0.717) is 0 Å². The number of benzene rings is 1. The molecule has 1 aromatic rings. The number of hydrogen-bond donors (Lipinski definition) is 0. The molecule has 0 aliphatic heterocycles.